The molecule has 1 unspecified atom stereocenters. The van der Waals surface area contributed by atoms with Crippen molar-refractivity contribution in [2.45, 2.75) is 303 Å². The van der Waals surface area contributed by atoms with Crippen molar-refractivity contribution in [3.63, 3.8) is 0 Å². The first-order valence-electron chi connectivity index (χ1n) is 31.9. The molecule has 0 heterocycles. The van der Waals surface area contributed by atoms with E-state index in [1.807, 2.05) is 0 Å². The minimum atomic E-state index is -0.787. The second-order valence-electron chi connectivity index (χ2n) is 20.9. The fourth-order valence-electron chi connectivity index (χ4n) is 8.78. The van der Waals surface area contributed by atoms with E-state index in [0.717, 1.165) is 128 Å². The summed E-state index contributed by atoms with van der Waals surface area (Å²) >= 11 is 0. The molecule has 0 aliphatic carbocycles. The summed E-state index contributed by atoms with van der Waals surface area (Å²) in [5.74, 6) is -0.899. The molecule has 0 N–H and O–H groups in total. The molecular formula is C70H118O6. The highest BCUT2D eigenvalue weighted by atomic mass is 16.6. The van der Waals surface area contributed by atoms with Crippen molar-refractivity contribution >= 4 is 17.9 Å². The van der Waals surface area contributed by atoms with Crippen molar-refractivity contribution in [3.05, 3.63) is 109 Å². The molecule has 0 spiro atoms. The first kappa shape index (κ1) is 72.1. The maximum absolute atomic E-state index is 12.9. The van der Waals surface area contributed by atoms with Crippen molar-refractivity contribution in [2.24, 2.45) is 0 Å². The van der Waals surface area contributed by atoms with Gasteiger partial charge >= 0.3 is 17.9 Å². The monoisotopic (exact) mass is 1050 g/mol. The zero-order chi connectivity index (χ0) is 55.0. The average molecular weight is 1060 g/mol. The van der Waals surface area contributed by atoms with Gasteiger partial charge in [-0.1, -0.05) is 271 Å². The van der Waals surface area contributed by atoms with E-state index in [2.05, 4.69) is 130 Å². The second-order valence-corrected chi connectivity index (χ2v) is 20.9. The van der Waals surface area contributed by atoms with Gasteiger partial charge in [0, 0.05) is 19.3 Å². The largest absolute Gasteiger partial charge is 0.462 e. The lowest BCUT2D eigenvalue weighted by Gasteiger charge is -2.18. The summed E-state index contributed by atoms with van der Waals surface area (Å²) in [6.07, 6.45) is 86.8. The van der Waals surface area contributed by atoms with Gasteiger partial charge in [-0.3, -0.25) is 14.4 Å². The van der Waals surface area contributed by atoms with Gasteiger partial charge in [0.2, 0.25) is 0 Å². The van der Waals surface area contributed by atoms with Crippen LogP contribution < -0.4 is 0 Å². The van der Waals surface area contributed by atoms with Gasteiger partial charge in [-0.05, 0) is 116 Å². The Kier molecular flexibility index (Phi) is 60.3. The summed E-state index contributed by atoms with van der Waals surface area (Å²) in [4.78, 5) is 38.2. The predicted molar refractivity (Wildman–Crippen MR) is 330 cm³/mol. The van der Waals surface area contributed by atoms with Crippen molar-refractivity contribution in [2.75, 3.05) is 13.2 Å². The van der Waals surface area contributed by atoms with Crippen LogP contribution in [0.1, 0.15) is 297 Å². The van der Waals surface area contributed by atoms with Crippen LogP contribution in [0.3, 0.4) is 0 Å². The number of ether oxygens (including phenoxy) is 3. The van der Waals surface area contributed by atoms with E-state index in [4.69, 9.17) is 14.2 Å². The summed E-state index contributed by atoms with van der Waals surface area (Å²) in [6.45, 7) is 6.35. The Morgan fingerprint density at radius 3 is 0.816 bits per heavy atom. The molecule has 0 aromatic carbocycles. The first-order chi connectivity index (χ1) is 37.5. The maximum atomic E-state index is 12.9. The highest BCUT2D eigenvalue weighted by molar-refractivity contribution is 5.71. The van der Waals surface area contributed by atoms with Gasteiger partial charge in [-0.2, -0.15) is 0 Å². The summed E-state index contributed by atoms with van der Waals surface area (Å²) < 4.78 is 16.9. The number of rotatable bonds is 57. The van der Waals surface area contributed by atoms with Gasteiger partial charge in [0.1, 0.15) is 13.2 Å². The van der Waals surface area contributed by atoms with Gasteiger partial charge < -0.3 is 14.2 Å². The van der Waals surface area contributed by atoms with E-state index in [1.54, 1.807) is 0 Å². The standard InChI is InChI=1S/C70H118O6/c1-4-7-10-13-16-19-22-24-26-28-29-30-31-32-33-34-35-36-37-38-39-40-41-43-44-46-48-51-54-57-60-63-69(72)75-66-67(65-74-68(71)62-59-56-53-50-21-18-15-12-9-6-3)76-70(73)64-61-58-55-52-49-47-45-42-27-25-23-20-17-14-11-8-5-2/h7-8,10-12,15-17,19-20,24-27,29-30,32-33,67H,4-6,9,13-14,18,21-23,28,31,34-66H2,1-3H3/b10-7-,11-8-,15-12-,19-16-,20-17-,26-24-,27-25-,30-29-,33-32-. The molecule has 0 saturated heterocycles. The molecule has 434 valence electrons. The third kappa shape index (κ3) is 60.9. The Bertz CT molecular complexity index is 1540. The Balaban J connectivity index is 4.17. The molecule has 0 aromatic rings. The highest BCUT2D eigenvalue weighted by Gasteiger charge is 2.19. The lowest BCUT2D eigenvalue weighted by atomic mass is 10.0. The van der Waals surface area contributed by atoms with E-state index < -0.39 is 6.10 Å². The fourth-order valence-corrected chi connectivity index (χ4v) is 8.78. The number of unbranched alkanes of at least 4 members (excludes halogenated alkanes) is 28. The molecule has 76 heavy (non-hydrogen) atoms. The molecule has 0 aromatic heterocycles. The van der Waals surface area contributed by atoms with Crippen molar-refractivity contribution in [1.29, 1.82) is 0 Å². The Morgan fingerprint density at radius 1 is 0.276 bits per heavy atom. The maximum Gasteiger partial charge on any atom is 0.306 e. The summed E-state index contributed by atoms with van der Waals surface area (Å²) in [5, 5.41) is 0. The van der Waals surface area contributed by atoms with Crippen molar-refractivity contribution in [1.82, 2.24) is 0 Å². The van der Waals surface area contributed by atoms with Crippen LogP contribution in [-0.4, -0.2) is 37.2 Å². The lowest BCUT2D eigenvalue weighted by molar-refractivity contribution is -0.167. The van der Waals surface area contributed by atoms with Gasteiger partial charge in [0.15, 0.2) is 6.10 Å². The Labute approximate surface area is 470 Å². The Morgan fingerprint density at radius 2 is 0.513 bits per heavy atom. The molecular weight excluding hydrogens is 937 g/mol. The van der Waals surface area contributed by atoms with Crippen LogP contribution in [0, 0.1) is 0 Å². The highest BCUT2D eigenvalue weighted by Crippen LogP contribution is 2.16. The molecule has 0 aliphatic heterocycles. The predicted octanol–water partition coefficient (Wildman–Crippen LogP) is 21.8. The molecule has 0 rings (SSSR count). The van der Waals surface area contributed by atoms with Crippen LogP contribution in [-0.2, 0) is 28.6 Å². The third-order valence-corrected chi connectivity index (χ3v) is 13.5. The number of carbonyl (C=O) groups is 3. The van der Waals surface area contributed by atoms with E-state index in [0.29, 0.717) is 19.3 Å². The molecule has 0 amide bonds. The molecule has 1 atom stereocenters. The summed E-state index contributed by atoms with van der Waals surface area (Å²) in [6, 6.07) is 0. The van der Waals surface area contributed by atoms with Crippen LogP contribution in [0.2, 0.25) is 0 Å². The van der Waals surface area contributed by atoms with E-state index >= 15 is 0 Å². The van der Waals surface area contributed by atoms with Crippen LogP contribution in [0.15, 0.2) is 109 Å². The molecule has 6 nitrogen and oxygen atoms in total. The number of allylic oxidation sites excluding steroid dienone is 18. The zero-order valence-electron chi connectivity index (χ0n) is 49.7. The minimum Gasteiger partial charge on any atom is -0.462 e. The van der Waals surface area contributed by atoms with Gasteiger partial charge in [-0.25, -0.2) is 0 Å². The molecule has 0 saturated carbocycles. The molecule has 0 aliphatic rings. The van der Waals surface area contributed by atoms with Crippen LogP contribution >= 0.6 is 0 Å². The molecule has 0 fully saturated rings. The van der Waals surface area contributed by atoms with Crippen molar-refractivity contribution < 1.29 is 28.6 Å². The number of hydrogen-bond donors (Lipinski definition) is 0. The topological polar surface area (TPSA) is 78.9 Å². The van der Waals surface area contributed by atoms with E-state index in [9.17, 15) is 14.4 Å². The van der Waals surface area contributed by atoms with Gasteiger partial charge in [0.05, 0.1) is 0 Å². The average Bonchev–Trinajstić information content (AvgIpc) is 3.42. The minimum absolute atomic E-state index is 0.0838. The molecule has 0 radical (unpaired) electrons. The number of esters is 3. The molecule has 0 bridgehead atoms. The van der Waals surface area contributed by atoms with E-state index in [1.165, 1.54) is 128 Å². The summed E-state index contributed by atoms with van der Waals surface area (Å²) in [5.41, 5.74) is 0. The van der Waals surface area contributed by atoms with Crippen LogP contribution in [0.5, 0.6) is 0 Å². The third-order valence-electron chi connectivity index (χ3n) is 13.5. The van der Waals surface area contributed by atoms with Gasteiger partial charge in [-0.15, -0.1) is 0 Å². The van der Waals surface area contributed by atoms with Crippen LogP contribution in [0.4, 0.5) is 0 Å². The first-order valence-corrected chi connectivity index (χ1v) is 31.9. The normalized spacial score (nSPS) is 12.8. The van der Waals surface area contributed by atoms with Gasteiger partial charge in [0.25, 0.3) is 0 Å². The van der Waals surface area contributed by atoms with Crippen LogP contribution in [0.25, 0.3) is 0 Å². The number of carbonyl (C=O) groups excluding carboxylic acids is 3. The number of hydrogen-bond acceptors (Lipinski definition) is 6. The second kappa shape index (κ2) is 63.6. The summed E-state index contributed by atoms with van der Waals surface area (Å²) in [7, 11) is 0. The van der Waals surface area contributed by atoms with Crippen molar-refractivity contribution in [3.8, 4) is 0 Å². The van der Waals surface area contributed by atoms with E-state index in [-0.39, 0.29) is 31.1 Å². The molecule has 6 heteroatoms. The smallest absolute Gasteiger partial charge is 0.306 e. The zero-order valence-corrected chi connectivity index (χ0v) is 49.7. The quantitative estimate of drug-likeness (QED) is 0.0261. The SMILES string of the molecule is CC/C=C\C/C=C\C/C=C\C/C=C\C/C=C\CCCCCCCCCCCCCCCCCC(=O)OCC(COC(=O)CCCCCCC/C=C\CCC)OC(=O)CCCCCCCCC/C=C\C/C=C\C/C=C\CC. The lowest BCUT2D eigenvalue weighted by Crippen LogP contribution is -2.30. The fraction of sp³-hybridized carbons (Fsp3) is 0.700. The Hall–Kier alpha value is -3.93.